The molecule has 7 heteroatoms. The summed E-state index contributed by atoms with van der Waals surface area (Å²) in [6.45, 7) is 0. The average Bonchev–Trinajstić information content (AvgIpc) is 2.55. The number of rotatable bonds is 4. The molecule has 0 aliphatic rings. The number of carbonyl (C=O) groups excluding carboxylic acids is 1. The molecule has 3 aromatic rings. The Balaban J connectivity index is 1.69. The standard InChI is InChI=1S/C15H11ClN4OS/c16-14-12(6-3-7-17-14)19-13(21)9-22-15-11-5-2-1-4-10(11)8-18-20-15/h1-8H,9H2,(H,19,21). The molecule has 5 nitrogen and oxygen atoms in total. The molecule has 22 heavy (non-hydrogen) atoms. The summed E-state index contributed by atoms with van der Waals surface area (Å²) in [5, 5.41) is 13.8. The minimum absolute atomic E-state index is 0.172. The van der Waals surface area contributed by atoms with Gasteiger partial charge in [0.25, 0.3) is 0 Å². The smallest absolute Gasteiger partial charge is 0.234 e. The number of aromatic nitrogens is 3. The second kappa shape index (κ2) is 6.72. The minimum atomic E-state index is -0.172. The van der Waals surface area contributed by atoms with E-state index in [0.29, 0.717) is 5.69 Å². The number of fused-ring (bicyclic) bond motifs is 1. The van der Waals surface area contributed by atoms with Gasteiger partial charge in [0.15, 0.2) is 5.15 Å². The number of halogens is 1. The van der Waals surface area contributed by atoms with Crippen molar-refractivity contribution in [2.45, 2.75) is 5.03 Å². The first-order chi connectivity index (χ1) is 10.7. The monoisotopic (exact) mass is 330 g/mol. The fourth-order valence-corrected chi connectivity index (χ4v) is 2.86. The molecule has 2 aromatic heterocycles. The average molecular weight is 331 g/mol. The first kappa shape index (κ1) is 14.7. The van der Waals surface area contributed by atoms with Crippen LogP contribution >= 0.6 is 23.4 Å². The topological polar surface area (TPSA) is 67.8 Å². The molecule has 0 radical (unpaired) electrons. The molecule has 0 fully saturated rings. The fourth-order valence-electron chi connectivity index (χ4n) is 1.91. The van der Waals surface area contributed by atoms with Crippen molar-refractivity contribution < 1.29 is 4.79 Å². The van der Waals surface area contributed by atoms with E-state index in [1.54, 1.807) is 24.5 Å². The van der Waals surface area contributed by atoms with E-state index in [9.17, 15) is 4.79 Å². The Bertz CT molecular complexity index is 822. The predicted molar refractivity (Wildman–Crippen MR) is 88.1 cm³/mol. The number of carbonyl (C=O) groups is 1. The van der Waals surface area contributed by atoms with Crippen molar-refractivity contribution in [2.75, 3.05) is 11.1 Å². The van der Waals surface area contributed by atoms with Crippen molar-refractivity contribution in [1.82, 2.24) is 15.2 Å². The summed E-state index contributed by atoms with van der Waals surface area (Å²) in [4.78, 5) is 15.9. The zero-order valence-electron chi connectivity index (χ0n) is 11.4. The number of hydrogen-bond donors (Lipinski definition) is 1. The molecule has 0 unspecified atom stereocenters. The van der Waals surface area contributed by atoms with E-state index in [1.807, 2.05) is 24.3 Å². The molecule has 1 aromatic carbocycles. The van der Waals surface area contributed by atoms with E-state index < -0.39 is 0 Å². The molecule has 0 atom stereocenters. The fraction of sp³-hybridized carbons (Fsp3) is 0.0667. The number of nitrogens with one attached hydrogen (secondary N) is 1. The number of anilines is 1. The van der Waals surface area contributed by atoms with Gasteiger partial charge in [-0.3, -0.25) is 4.79 Å². The van der Waals surface area contributed by atoms with Gasteiger partial charge in [0.05, 0.1) is 17.6 Å². The largest absolute Gasteiger partial charge is 0.323 e. The SMILES string of the molecule is O=C(CSc1nncc2ccccc12)Nc1cccnc1Cl. The van der Waals surface area contributed by atoms with Gasteiger partial charge in [-0.25, -0.2) is 4.98 Å². The highest BCUT2D eigenvalue weighted by Crippen LogP contribution is 2.25. The third-order valence-electron chi connectivity index (χ3n) is 2.91. The van der Waals surface area contributed by atoms with Crippen LogP contribution in [0.25, 0.3) is 10.8 Å². The molecule has 0 aliphatic heterocycles. The summed E-state index contributed by atoms with van der Waals surface area (Å²) < 4.78 is 0. The van der Waals surface area contributed by atoms with E-state index in [1.165, 1.54) is 11.8 Å². The molecule has 3 rings (SSSR count). The van der Waals surface area contributed by atoms with Crippen LogP contribution in [0.15, 0.2) is 53.8 Å². The third-order valence-corrected chi connectivity index (χ3v) is 4.19. The molecule has 1 N–H and O–H groups in total. The van der Waals surface area contributed by atoms with E-state index in [4.69, 9.17) is 11.6 Å². The Morgan fingerprint density at radius 1 is 1.23 bits per heavy atom. The lowest BCUT2D eigenvalue weighted by atomic mass is 10.2. The Kier molecular flexibility index (Phi) is 4.50. The maximum absolute atomic E-state index is 12.0. The highest BCUT2D eigenvalue weighted by molar-refractivity contribution is 8.00. The molecule has 0 saturated carbocycles. The molecule has 0 aliphatic carbocycles. The Hall–Kier alpha value is -2.18. The quantitative estimate of drug-likeness (QED) is 0.586. The first-order valence-corrected chi connectivity index (χ1v) is 7.84. The zero-order valence-corrected chi connectivity index (χ0v) is 12.9. The summed E-state index contributed by atoms with van der Waals surface area (Å²) in [5.41, 5.74) is 0.499. The molecule has 0 saturated heterocycles. The zero-order chi connectivity index (χ0) is 15.4. The van der Waals surface area contributed by atoms with Crippen molar-refractivity contribution in [1.29, 1.82) is 0 Å². The first-order valence-electron chi connectivity index (χ1n) is 6.47. The maximum atomic E-state index is 12.0. The van der Waals surface area contributed by atoms with Crippen molar-refractivity contribution in [3.63, 3.8) is 0 Å². The van der Waals surface area contributed by atoms with Crippen LogP contribution in [0.4, 0.5) is 5.69 Å². The van der Waals surface area contributed by atoms with Gasteiger partial charge in [-0.05, 0) is 12.1 Å². The summed E-state index contributed by atoms with van der Waals surface area (Å²) >= 11 is 7.24. The van der Waals surface area contributed by atoms with Crippen LogP contribution in [-0.4, -0.2) is 26.8 Å². The molecular weight excluding hydrogens is 320 g/mol. The maximum Gasteiger partial charge on any atom is 0.234 e. The van der Waals surface area contributed by atoms with Crippen LogP contribution in [0.2, 0.25) is 5.15 Å². The normalized spacial score (nSPS) is 10.6. The lowest BCUT2D eigenvalue weighted by Crippen LogP contribution is -2.14. The van der Waals surface area contributed by atoms with Crippen LogP contribution in [-0.2, 0) is 4.79 Å². The van der Waals surface area contributed by atoms with Gasteiger partial charge in [-0.2, -0.15) is 5.10 Å². The molecule has 0 bridgehead atoms. The number of amides is 1. The molecule has 110 valence electrons. The van der Waals surface area contributed by atoms with Gasteiger partial charge in [-0.1, -0.05) is 47.6 Å². The summed E-state index contributed by atoms with van der Waals surface area (Å²) in [6.07, 6.45) is 3.27. The second-order valence-corrected chi connectivity index (χ2v) is 5.74. The van der Waals surface area contributed by atoms with Crippen LogP contribution < -0.4 is 5.32 Å². The number of hydrogen-bond acceptors (Lipinski definition) is 5. The van der Waals surface area contributed by atoms with Gasteiger partial charge in [0, 0.05) is 17.0 Å². The van der Waals surface area contributed by atoms with Gasteiger partial charge < -0.3 is 5.32 Å². The third kappa shape index (κ3) is 3.35. The summed E-state index contributed by atoms with van der Waals surface area (Å²) in [7, 11) is 0. The van der Waals surface area contributed by atoms with E-state index in [2.05, 4.69) is 20.5 Å². The summed E-state index contributed by atoms with van der Waals surface area (Å²) in [5.74, 6) is 0.0445. The number of benzene rings is 1. The van der Waals surface area contributed by atoms with Crippen LogP contribution in [0.5, 0.6) is 0 Å². The lowest BCUT2D eigenvalue weighted by Gasteiger charge is -2.06. The van der Waals surface area contributed by atoms with E-state index >= 15 is 0 Å². The van der Waals surface area contributed by atoms with Crippen LogP contribution in [0.3, 0.4) is 0 Å². The highest BCUT2D eigenvalue weighted by Gasteiger charge is 2.09. The Morgan fingerprint density at radius 2 is 2.09 bits per heavy atom. The molecular formula is C15H11ClN4OS. The van der Waals surface area contributed by atoms with Gasteiger partial charge in [0.2, 0.25) is 5.91 Å². The second-order valence-electron chi connectivity index (χ2n) is 4.42. The number of thioether (sulfide) groups is 1. The summed E-state index contributed by atoms with van der Waals surface area (Å²) in [6, 6.07) is 11.2. The van der Waals surface area contributed by atoms with Crippen LogP contribution in [0, 0.1) is 0 Å². The predicted octanol–water partition coefficient (Wildman–Crippen LogP) is 3.41. The van der Waals surface area contributed by atoms with Crippen molar-refractivity contribution in [3.05, 3.63) is 53.9 Å². The van der Waals surface area contributed by atoms with Gasteiger partial charge in [0.1, 0.15) is 5.03 Å². The van der Waals surface area contributed by atoms with E-state index in [0.717, 1.165) is 15.8 Å². The van der Waals surface area contributed by atoms with Gasteiger partial charge >= 0.3 is 0 Å². The van der Waals surface area contributed by atoms with Crippen molar-refractivity contribution in [2.24, 2.45) is 0 Å². The lowest BCUT2D eigenvalue weighted by molar-refractivity contribution is -0.113. The van der Waals surface area contributed by atoms with E-state index in [-0.39, 0.29) is 16.8 Å². The van der Waals surface area contributed by atoms with Gasteiger partial charge in [-0.15, -0.1) is 5.10 Å². The highest BCUT2D eigenvalue weighted by atomic mass is 35.5. The van der Waals surface area contributed by atoms with Crippen molar-refractivity contribution >= 4 is 45.7 Å². The molecule has 1 amide bonds. The van der Waals surface area contributed by atoms with Crippen LogP contribution in [0.1, 0.15) is 0 Å². The minimum Gasteiger partial charge on any atom is -0.323 e. The number of pyridine rings is 1. The van der Waals surface area contributed by atoms with Crippen molar-refractivity contribution in [3.8, 4) is 0 Å². The Labute approximate surface area is 136 Å². The molecule has 0 spiro atoms. The molecule has 2 heterocycles. The Morgan fingerprint density at radius 3 is 2.95 bits per heavy atom. The number of nitrogens with zero attached hydrogens (tertiary/aromatic N) is 3.